The molecule has 0 fully saturated rings. The first-order valence-electron chi connectivity index (χ1n) is 18.3. The molecular formula is C41H60ClN5O12. The lowest BCUT2D eigenvalue weighted by Gasteiger charge is -2.25. The number of ether oxygens (including phenoxy) is 4. The van der Waals surface area contributed by atoms with Gasteiger partial charge in [-0.15, -0.1) is 42.2 Å². The van der Waals surface area contributed by atoms with Crippen molar-refractivity contribution >= 4 is 59.1 Å². The predicted molar refractivity (Wildman–Crippen MR) is 221 cm³/mol. The molecular weight excluding hydrogens is 790 g/mol. The number of carbonyl (C=O) groups excluding carboxylic acids is 6. The van der Waals surface area contributed by atoms with Crippen molar-refractivity contribution in [1.82, 2.24) is 20.5 Å². The molecule has 59 heavy (non-hydrogen) atoms. The minimum absolute atomic E-state index is 0. The molecule has 1 heterocycles. The highest BCUT2D eigenvalue weighted by molar-refractivity contribution is 5.88. The van der Waals surface area contributed by atoms with Crippen LogP contribution in [0.15, 0.2) is 29.1 Å². The van der Waals surface area contributed by atoms with Crippen LogP contribution in [-0.2, 0) is 47.7 Å². The van der Waals surface area contributed by atoms with Crippen molar-refractivity contribution in [3.05, 3.63) is 34.6 Å². The van der Waals surface area contributed by atoms with Crippen LogP contribution >= 0.6 is 12.4 Å². The Bertz CT molecular complexity index is 1870. The molecule has 2 aromatic rings. The number of nitrogens with two attached hydrogens (primary N) is 1. The maximum atomic E-state index is 12.2. The van der Waals surface area contributed by atoms with Crippen molar-refractivity contribution in [2.45, 2.75) is 156 Å². The number of nitrogens with zero attached hydrogens (tertiary/aromatic N) is 3. The third-order valence-electron chi connectivity index (χ3n) is 6.03. The Hall–Kier alpha value is -5.52. The third-order valence-corrected chi connectivity index (χ3v) is 6.03. The normalized spacial score (nSPS) is 12.1. The maximum absolute atomic E-state index is 12.2. The van der Waals surface area contributed by atoms with Gasteiger partial charge in [0.2, 0.25) is 5.91 Å². The summed E-state index contributed by atoms with van der Waals surface area (Å²) in [5.41, 5.74) is 2.89. The van der Waals surface area contributed by atoms with E-state index in [1.165, 1.54) is 0 Å². The van der Waals surface area contributed by atoms with Crippen LogP contribution in [0.4, 0.5) is 0 Å². The van der Waals surface area contributed by atoms with Gasteiger partial charge in [0.1, 0.15) is 40.0 Å². The van der Waals surface area contributed by atoms with E-state index in [0.717, 1.165) is 0 Å². The zero-order valence-electron chi connectivity index (χ0n) is 36.1. The van der Waals surface area contributed by atoms with Crippen LogP contribution in [0.5, 0.6) is 0 Å². The van der Waals surface area contributed by atoms with E-state index in [9.17, 15) is 33.6 Å². The molecule has 1 amide bonds. The van der Waals surface area contributed by atoms with Crippen molar-refractivity contribution in [2.24, 2.45) is 5.73 Å². The summed E-state index contributed by atoms with van der Waals surface area (Å²) in [6, 6.07) is 4.57. The summed E-state index contributed by atoms with van der Waals surface area (Å²) in [6.45, 7) is 20.8. The van der Waals surface area contributed by atoms with Gasteiger partial charge in [-0.25, -0.2) is 9.59 Å². The summed E-state index contributed by atoms with van der Waals surface area (Å²) in [7, 11) is 0. The van der Waals surface area contributed by atoms with E-state index in [2.05, 4.69) is 27.5 Å². The average molecular weight is 850 g/mol. The molecule has 2 atom stereocenters. The van der Waals surface area contributed by atoms with E-state index in [1.54, 1.807) is 107 Å². The first-order valence-corrected chi connectivity index (χ1v) is 18.3. The monoisotopic (exact) mass is 849 g/mol. The molecule has 0 spiro atoms. The van der Waals surface area contributed by atoms with E-state index in [1.807, 2.05) is 0 Å². The van der Waals surface area contributed by atoms with Gasteiger partial charge in [-0.1, -0.05) is 12.1 Å². The Balaban J connectivity index is 0. The fourth-order valence-corrected chi connectivity index (χ4v) is 3.94. The number of rotatable bonds is 12. The van der Waals surface area contributed by atoms with Gasteiger partial charge < -0.3 is 34.8 Å². The highest BCUT2D eigenvalue weighted by Gasteiger charge is 2.31. The van der Waals surface area contributed by atoms with Gasteiger partial charge >= 0.3 is 35.4 Å². The summed E-state index contributed by atoms with van der Waals surface area (Å²) in [5.74, 6) is 1.23. The van der Waals surface area contributed by atoms with Gasteiger partial charge in [0.05, 0.1) is 24.6 Å². The Labute approximate surface area is 352 Å². The number of benzene rings is 1. The summed E-state index contributed by atoms with van der Waals surface area (Å²) < 4.78 is 20.5. The fraction of sp³-hybridized carbons (Fsp3) is 0.585. The number of esters is 4. The molecule has 3 N–H and O–H groups in total. The van der Waals surface area contributed by atoms with Crippen molar-refractivity contribution in [1.29, 1.82) is 0 Å². The molecule has 17 nitrogen and oxygen atoms in total. The quantitative estimate of drug-likeness (QED) is 0.133. The van der Waals surface area contributed by atoms with Gasteiger partial charge in [-0.3, -0.25) is 24.0 Å². The Morgan fingerprint density at radius 3 is 1.66 bits per heavy atom. The van der Waals surface area contributed by atoms with Crippen LogP contribution in [0.25, 0.3) is 10.9 Å². The van der Waals surface area contributed by atoms with Gasteiger partial charge in [-0.2, -0.15) is 0 Å². The number of nitrogens with one attached hydrogen (secondary N) is 1. The fourth-order valence-electron chi connectivity index (χ4n) is 3.94. The van der Waals surface area contributed by atoms with Crippen LogP contribution in [-0.4, -0.2) is 85.4 Å². The molecule has 0 radical (unpaired) electrons. The standard InChI is InChI=1S/C17H27NO5.C12H9N3O3.C12H23NO4.ClH/c1-8-9-10-13(19)18-12(15(21)23-17(5,6)7)11-14(20)22-16(2,3)4;1-2-3-8-11(16)18-15-12(17)9-6-4-5-7-10(9)13-14-15;1-11(2,3)16-9(14)7-8(13)10(15)17-12(4,5)6;/h1,12H,9-11H2,2-7H3,(H,18,19);1,4-7H,3,8H2;8H,7,13H2,1-6H3;1H. The van der Waals surface area contributed by atoms with E-state index >= 15 is 0 Å². The number of amides is 1. The molecule has 0 aliphatic rings. The lowest BCUT2D eigenvalue weighted by atomic mass is 10.1. The number of halogens is 1. The molecule has 1 aromatic carbocycles. The second kappa shape index (κ2) is 25.1. The minimum Gasteiger partial charge on any atom is -0.460 e. The first-order chi connectivity index (χ1) is 26.5. The second-order valence-corrected chi connectivity index (χ2v) is 16.5. The van der Waals surface area contributed by atoms with Gasteiger partial charge in [-0.05, 0) is 105 Å². The lowest BCUT2D eigenvalue weighted by molar-refractivity contribution is -0.165. The molecule has 0 bridgehead atoms. The van der Waals surface area contributed by atoms with Gasteiger partial charge in [0.25, 0.3) is 0 Å². The number of carbonyl (C=O) groups is 6. The highest BCUT2D eigenvalue weighted by atomic mass is 35.5. The van der Waals surface area contributed by atoms with E-state index in [-0.39, 0.29) is 50.9 Å². The first kappa shape index (κ1) is 55.6. The van der Waals surface area contributed by atoms with Crippen molar-refractivity contribution in [2.75, 3.05) is 0 Å². The van der Waals surface area contributed by atoms with Gasteiger partial charge in [0.15, 0.2) is 0 Å². The largest absolute Gasteiger partial charge is 0.460 e. The zero-order chi connectivity index (χ0) is 45.1. The summed E-state index contributed by atoms with van der Waals surface area (Å²) in [4.78, 5) is 87.3. The van der Waals surface area contributed by atoms with E-state index in [0.29, 0.717) is 15.7 Å². The van der Waals surface area contributed by atoms with Crippen molar-refractivity contribution in [3.8, 4) is 24.7 Å². The van der Waals surface area contributed by atoms with Crippen LogP contribution < -0.4 is 21.4 Å². The van der Waals surface area contributed by atoms with Crippen LogP contribution in [0, 0.1) is 24.7 Å². The Kier molecular flexibility index (Phi) is 23.6. The molecule has 0 aliphatic carbocycles. The molecule has 1 aromatic heterocycles. The van der Waals surface area contributed by atoms with Crippen LogP contribution in [0.2, 0.25) is 0 Å². The molecule has 0 aliphatic heterocycles. The average Bonchev–Trinajstić information content (AvgIpc) is 3.04. The molecule has 328 valence electrons. The molecule has 0 saturated heterocycles. The van der Waals surface area contributed by atoms with Gasteiger partial charge in [0, 0.05) is 19.3 Å². The summed E-state index contributed by atoms with van der Waals surface area (Å²) >= 11 is 0. The highest BCUT2D eigenvalue weighted by Crippen LogP contribution is 2.14. The maximum Gasteiger partial charge on any atom is 0.336 e. The number of aromatic nitrogens is 3. The molecule has 18 heteroatoms. The summed E-state index contributed by atoms with van der Waals surface area (Å²) in [6.07, 6.45) is 10.2. The van der Waals surface area contributed by atoms with E-state index in [4.69, 9.17) is 42.4 Å². The second-order valence-electron chi connectivity index (χ2n) is 16.5. The molecule has 2 rings (SSSR count). The number of hydrogen-bond donors (Lipinski definition) is 2. The smallest absolute Gasteiger partial charge is 0.336 e. The van der Waals surface area contributed by atoms with Crippen LogP contribution in [0.3, 0.4) is 0 Å². The topological polar surface area (TPSA) is 234 Å². The van der Waals surface area contributed by atoms with Crippen molar-refractivity contribution < 1.29 is 52.6 Å². The van der Waals surface area contributed by atoms with Crippen LogP contribution in [0.1, 0.15) is 122 Å². The SMILES string of the molecule is C#CCCC(=O)NC(CC(=O)OC(C)(C)C)C(=O)OC(C)(C)C.C#CCCC(=O)On1nnc2ccccc2c1=O.CC(C)(C)OC(=O)CC(N)C(=O)OC(C)(C)C.Cl. The Morgan fingerprint density at radius 1 is 0.712 bits per heavy atom. The minimum atomic E-state index is -1.10. The Morgan fingerprint density at radius 2 is 1.17 bits per heavy atom. The molecule has 0 saturated carbocycles. The zero-order valence-corrected chi connectivity index (χ0v) is 36.9. The van der Waals surface area contributed by atoms with E-state index < -0.39 is 75.8 Å². The third kappa shape index (κ3) is 26.9. The predicted octanol–water partition coefficient (Wildman–Crippen LogP) is 3.93. The number of terminal acetylenes is 2. The number of hydrogen-bond acceptors (Lipinski definition) is 15. The molecule has 2 unspecified atom stereocenters. The number of fused-ring (bicyclic) bond motifs is 1. The summed E-state index contributed by atoms with van der Waals surface area (Å²) in [5, 5.41) is 10.1. The van der Waals surface area contributed by atoms with Crippen molar-refractivity contribution in [3.63, 3.8) is 0 Å². The lowest BCUT2D eigenvalue weighted by Crippen LogP contribution is -2.46.